The monoisotopic (exact) mass is 328 g/mol. The van der Waals surface area contributed by atoms with E-state index in [1.807, 2.05) is 24.3 Å². The first-order valence-corrected chi connectivity index (χ1v) is 7.99. The molecule has 2 aromatic carbocycles. The van der Waals surface area contributed by atoms with E-state index in [1.165, 1.54) is 0 Å². The van der Waals surface area contributed by atoms with Crippen LogP contribution in [0.4, 0.5) is 11.4 Å². The fraction of sp³-hybridized carbons (Fsp3) is 0.222. The molecule has 0 spiro atoms. The maximum atomic E-state index is 12.3. The number of anilines is 2. The van der Waals surface area contributed by atoms with Gasteiger partial charge in [0.2, 0.25) is 5.91 Å². The maximum Gasteiger partial charge on any atom is 0.255 e. The molecule has 0 aliphatic carbocycles. The van der Waals surface area contributed by atoms with Gasteiger partial charge in [-0.1, -0.05) is 23.7 Å². The molecule has 0 bridgehead atoms. The van der Waals surface area contributed by atoms with E-state index in [9.17, 15) is 9.59 Å². The quantitative estimate of drug-likeness (QED) is 0.921. The van der Waals surface area contributed by atoms with Crippen molar-refractivity contribution in [2.45, 2.75) is 19.3 Å². The van der Waals surface area contributed by atoms with Crippen LogP contribution in [-0.4, -0.2) is 18.4 Å². The number of piperidine rings is 1. The molecule has 2 aromatic rings. The number of carbonyl (C=O) groups is 2. The molecular weight excluding hydrogens is 312 g/mol. The van der Waals surface area contributed by atoms with E-state index < -0.39 is 0 Å². The van der Waals surface area contributed by atoms with Crippen LogP contribution in [0.5, 0.6) is 0 Å². The standard InChI is InChI=1S/C18H17ClN2O2/c19-15-5-1-2-6-16(15)20-18(23)13-8-10-14(11-9-13)21-12-4-3-7-17(21)22/h1-2,5-6,8-11H,3-4,7,12H2,(H,20,23). The Morgan fingerprint density at radius 3 is 2.48 bits per heavy atom. The highest BCUT2D eigenvalue weighted by molar-refractivity contribution is 6.33. The number of nitrogens with one attached hydrogen (secondary N) is 1. The lowest BCUT2D eigenvalue weighted by Gasteiger charge is -2.26. The fourth-order valence-electron chi connectivity index (χ4n) is 2.63. The van der Waals surface area contributed by atoms with Gasteiger partial charge in [-0.05, 0) is 49.2 Å². The number of carbonyl (C=O) groups excluding carboxylic acids is 2. The molecule has 0 aromatic heterocycles. The number of nitrogens with zero attached hydrogens (tertiary/aromatic N) is 1. The van der Waals surface area contributed by atoms with Gasteiger partial charge in [-0.2, -0.15) is 0 Å². The summed E-state index contributed by atoms with van der Waals surface area (Å²) in [5, 5.41) is 3.28. The van der Waals surface area contributed by atoms with Gasteiger partial charge in [-0.25, -0.2) is 0 Å². The normalized spacial score (nSPS) is 14.7. The predicted octanol–water partition coefficient (Wildman–Crippen LogP) is 4.11. The van der Waals surface area contributed by atoms with Crippen molar-refractivity contribution in [3.8, 4) is 0 Å². The summed E-state index contributed by atoms with van der Waals surface area (Å²) in [5.41, 5.74) is 1.94. The molecule has 1 heterocycles. The second kappa shape index (κ2) is 6.84. The third-order valence-corrected chi connectivity index (χ3v) is 4.22. The van der Waals surface area contributed by atoms with Crippen LogP contribution in [0.1, 0.15) is 29.6 Å². The minimum Gasteiger partial charge on any atom is -0.321 e. The van der Waals surface area contributed by atoms with Gasteiger partial charge >= 0.3 is 0 Å². The van der Waals surface area contributed by atoms with Crippen molar-refractivity contribution in [2.24, 2.45) is 0 Å². The number of rotatable bonds is 3. The smallest absolute Gasteiger partial charge is 0.255 e. The maximum absolute atomic E-state index is 12.3. The summed E-state index contributed by atoms with van der Waals surface area (Å²) in [7, 11) is 0. The molecular formula is C18H17ClN2O2. The molecule has 0 radical (unpaired) electrons. The Kier molecular flexibility index (Phi) is 4.63. The fourth-order valence-corrected chi connectivity index (χ4v) is 2.81. The van der Waals surface area contributed by atoms with Gasteiger partial charge in [0.1, 0.15) is 0 Å². The zero-order valence-electron chi connectivity index (χ0n) is 12.6. The van der Waals surface area contributed by atoms with E-state index in [2.05, 4.69) is 5.32 Å². The summed E-state index contributed by atoms with van der Waals surface area (Å²) in [6, 6.07) is 14.2. The zero-order valence-corrected chi connectivity index (χ0v) is 13.3. The van der Waals surface area contributed by atoms with Crippen LogP contribution in [0.2, 0.25) is 5.02 Å². The molecule has 23 heavy (non-hydrogen) atoms. The molecule has 3 rings (SSSR count). The van der Waals surface area contributed by atoms with E-state index in [0.29, 0.717) is 22.7 Å². The molecule has 0 atom stereocenters. The highest BCUT2D eigenvalue weighted by Gasteiger charge is 2.19. The Morgan fingerprint density at radius 1 is 1.04 bits per heavy atom. The summed E-state index contributed by atoms with van der Waals surface area (Å²) in [6.07, 6.45) is 2.56. The number of hydrogen-bond acceptors (Lipinski definition) is 2. The Hall–Kier alpha value is -2.33. The molecule has 1 aliphatic heterocycles. The van der Waals surface area contributed by atoms with Gasteiger partial charge in [0.25, 0.3) is 5.91 Å². The van der Waals surface area contributed by atoms with Crippen molar-refractivity contribution in [3.05, 3.63) is 59.1 Å². The molecule has 5 heteroatoms. The molecule has 1 aliphatic rings. The van der Waals surface area contributed by atoms with Gasteiger partial charge in [0, 0.05) is 24.2 Å². The van der Waals surface area contributed by atoms with Crippen LogP contribution in [0.25, 0.3) is 0 Å². The number of halogens is 1. The average molecular weight is 329 g/mol. The summed E-state index contributed by atoms with van der Waals surface area (Å²) in [6.45, 7) is 0.740. The van der Waals surface area contributed by atoms with Crippen molar-refractivity contribution in [1.29, 1.82) is 0 Å². The Bertz CT molecular complexity index is 728. The largest absolute Gasteiger partial charge is 0.321 e. The van der Waals surface area contributed by atoms with Crippen LogP contribution in [0.15, 0.2) is 48.5 Å². The predicted molar refractivity (Wildman–Crippen MR) is 92.1 cm³/mol. The lowest BCUT2D eigenvalue weighted by Crippen LogP contribution is -2.35. The number of hydrogen-bond donors (Lipinski definition) is 1. The molecule has 1 saturated heterocycles. The molecule has 1 fully saturated rings. The third kappa shape index (κ3) is 3.54. The van der Waals surface area contributed by atoms with E-state index in [-0.39, 0.29) is 11.8 Å². The first kappa shape index (κ1) is 15.6. The highest BCUT2D eigenvalue weighted by atomic mass is 35.5. The molecule has 4 nitrogen and oxygen atoms in total. The first-order valence-electron chi connectivity index (χ1n) is 7.61. The zero-order chi connectivity index (χ0) is 16.2. The second-order valence-corrected chi connectivity index (χ2v) is 5.89. The van der Waals surface area contributed by atoms with Crippen molar-refractivity contribution in [1.82, 2.24) is 0 Å². The number of para-hydroxylation sites is 1. The first-order chi connectivity index (χ1) is 11.1. The average Bonchev–Trinajstić information content (AvgIpc) is 2.57. The van der Waals surface area contributed by atoms with E-state index in [0.717, 1.165) is 25.1 Å². The van der Waals surface area contributed by atoms with E-state index in [4.69, 9.17) is 11.6 Å². The van der Waals surface area contributed by atoms with Crippen molar-refractivity contribution < 1.29 is 9.59 Å². The van der Waals surface area contributed by atoms with Crippen LogP contribution in [0, 0.1) is 0 Å². The minimum absolute atomic E-state index is 0.143. The lowest BCUT2D eigenvalue weighted by atomic mass is 10.1. The molecule has 0 unspecified atom stereocenters. The van der Waals surface area contributed by atoms with E-state index >= 15 is 0 Å². The highest BCUT2D eigenvalue weighted by Crippen LogP contribution is 2.23. The molecule has 0 saturated carbocycles. The minimum atomic E-state index is -0.227. The van der Waals surface area contributed by atoms with Crippen LogP contribution >= 0.6 is 11.6 Å². The SMILES string of the molecule is O=C(Nc1ccccc1Cl)c1ccc(N2CCCCC2=O)cc1. The van der Waals surface area contributed by atoms with Gasteiger partial charge in [0.05, 0.1) is 10.7 Å². The van der Waals surface area contributed by atoms with Crippen LogP contribution in [-0.2, 0) is 4.79 Å². The lowest BCUT2D eigenvalue weighted by molar-refractivity contribution is -0.119. The second-order valence-electron chi connectivity index (χ2n) is 5.48. The summed E-state index contributed by atoms with van der Waals surface area (Å²) in [4.78, 5) is 26.0. The summed E-state index contributed by atoms with van der Waals surface area (Å²) < 4.78 is 0. The van der Waals surface area contributed by atoms with Gasteiger partial charge in [-0.3, -0.25) is 9.59 Å². The molecule has 118 valence electrons. The number of benzene rings is 2. The van der Waals surface area contributed by atoms with Crippen molar-refractivity contribution in [2.75, 3.05) is 16.8 Å². The third-order valence-electron chi connectivity index (χ3n) is 3.89. The Labute approximate surface area is 140 Å². The Morgan fingerprint density at radius 2 is 1.78 bits per heavy atom. The number of amides is 2. The van der Waals surface area contributed by atoms with Crippen LogP contribution in [0.3, 0.4) is 0 Å². The molecule has 2 amide bonds. The topological polar surface area (TPSA) is 49.4 Å². The molecule has 1 N–H and O–H groups in total. The van der Waals surface area contributed by atoms with Gasteiger partial charge in [0.15, 0.2) is 0 Å². The van der Waals surface area contributed by atoms with Gasteiger partial charge < -0.3 is 10.2 Å². The van der Waals surface area contributed by atoms with E-state index in [1.54, 1.807) is 29.2 Å². The van der Waals surface area contributed by atoms with Crippen molar-refractivity contribution in [3.63, 3.8) is 0 Å². The van der Waals surface area contributed by atoms with Crippen molar-refractivity contribution >= 4 is 34.8 Å². The summed E-state index contributed by atoms with van der Waals surface area (Å²) >= 11 is 6.04. The summed E-state index contributed by atoms with van der Waals surface area (Å²) in [5.74, 6) is -0.0841. The van der Waals surface area contributed by atoms with Crippen LogP contribution < -0.4 is 10.2 Å². The Balaban J connectivity index is 1.73. The van der Waals surface area contributed by atoms with Gasteiger partial charge in [-0.15, -0.1) is 0 Å².